The first-order valence-electron chi connectivity index (χ1n) is 5.80. The first-order valence-corrected chi connectivity index (χ1v) is 6.18. The van der Waals surface area contributed by atoms with E-state index in [4.69, 9.17) is 11.6 Å². The Hall–Kier alpha value is -1.61. The normalized spacial score (nSPS) is 10.5. The highest BCUT2D eigenvalue weighted by atomic mass is 35.5. The van der Waals surface area contributed by atoms with Gasteiger partial charge in [-0.15, -0.1) is 0 Å². The van der Waals surface area contributed by atoms with Gasteiger partial charge in [-0.1, -0.05) is 23.7 Å². The molecule has 0 aliphatic carbocycles. The molecule has 0 radical (unpaired) electrons. The third-order valence-electron chi connectivity index (χ3n) is 2.95. The summed E-state index contributed by atoms with van der Waals surface area (Å²) in [5, 5.41) is 0.433. The van der Waals surface area contributed by atoms with E-state index in [1.54, 1.807) is 0 Å². The topological polar surface area (TPSA) is 29.0 Å². The molecule has 18 heavy (non-hydrogen) atoms. The molecular weight excluding hydrogens is 246 g/mol. The summed E-state index contributed by atoms with van der Waals surface area (Å²) in [5.74, 6) is 0.686. The number of aromatic nitrogens is 2. The Balaban J connectivity index is 2.46. The predicted octanol–water partition coefficient (Wildman–Crippen LogP) is 3.82. The second kappa shape index (κ2) is 4.94. The molecule has 0 atom stereocenters. The van der Waals surface area contributed by atoms with Crippen molar-refractivity contribution in [2.45, 2.75) is 20.8 Å². The number of anilines is 2. The molecule has 94 valence electrons. The molecule has 1 heterocycles. The zero-order valence-electron chi connectivity index (χ0n) is 11.0. The molecule has 0 saturated heterocycles. The van der Waals surface area contributed by atoms with Crippen molar-refractivity contribution in [2.24, 2.45) is 0 Å². The highest BCUT2D eigenvalue weighted by Gasteiger charge is 2.13. The van der Waals surface area contributed by atoms with E-state index in [1.165, 1.54) is 5.56 Å². The van der Waals surface area contributed by atoms with Gasteiger partial charge in [-0.25, -0.2) is 9.97 Å². The molecule has 0 spiro atoms. The van der Waals surface area contributed by atoms with E-state index in [1.807, 2.05) is 37.9 Å². The number of halogens is 1. The minimum Gasteiger partial charge on any atom is -0.327 e. The van der Waals surface area contributed by atoms with Gasteiger partial charge in [0.2, 0.25) is 0 Å². The number of benzene rings is 1. The van der Waals surface area contributed by atoms with Crippen LogP contribution in [0.15, 0.2) is 24.3 Å². The van der Waals surface area contributed by atoms with Crippen LogP contribution < -0.4 is 4.90 Å². The minimum atomic E-state index is 0.433. The van der Waals surface area contributed by atoms with E-state index in [0.717, 1.165) is 17.1 Å². The maximum Gasteiger partial charge on any atom is 0.172 e. The largest absolute Gasteiger partial charge is 0.327 e. The average molecular weight is 262 g/mol. The number of aryl methyl sites for hydroxylation is 3. The molecule has 2 rings (SSSR count). The van der Waals surface area contributed by atoms with Crippen LogP contribution in [0.1, 0.15) is 17.0 Å². The van der Waals surface area contributed by atoms with Crippen LogP contribution in [-0.2, 0) is 0 Å². The lowest BCUT2D eigenvalue weighted by Crippen LogP contribution is -2.13. The second-order valence-corrected chi connectivity index (χ2v) is 4.76. The number of hydrogen-bond donors (Lipinski definition) is 0. The van der Waals surface area contributed by atoms with E-state index in [9.17, 15) is 0 Å². The summed E-state index contributed by atoms with van der Waals surface area (Å²) < 4.78 is 0. The van der Waals surface area contributed by atoms with Crippen LogP contribution in [-0.4, -0.2) is 17.0 Å². The number of rotatable bonds is 2. The van der Waals surface area contributed by atoms with Crippen molar-refractivity contribution in [1.29, 1.82) is 0 Å². The standard InChI is InChI=1S/C14H16ClN3/c1-9-6-5-7-12(8-9)18(4)14-13(15)16-10(2)11(3)17-14/h5-8H,1-4H3. The summed E-state index contributed by atoms with van der Waals surface area (Å²) in [4.78, 5) is 10.8. The quantitative estimate of drug-likeness (QED) is 0.823. The molecule has 0 fully saturated rings. The molecule has 3 nitrogen and oxygen atoms in total. The Morgan fingerprint density at radius 2 is 1.72 bits per heavy atom. The van der Waals surface area contributed by atoms with Crippen molar-refractivity contribution >= 4 is 23.1 Å². The van der Waals surface area contributed by atoms with Gasteiger partial charge in [0, 0.05) is 12.7 Å². The molecule has 0 saturated carbocycles. The Labute approximate surface area is 112 Å². The fourth-order valence-electron chi connectivity index (χ4n) is 1.74. The third kappa shape index (κ3) is 2.46. The van der Waals surface area contributed by atoms with Crippen LogP contribution in [0, 0.1) is 20.8 Å². The van der Waals surface area contributed by atoms with Gasteiger partial charge < -0.3 is 4.90 Å². The van der Waals surface area contributed by atoms with Crippen molar-refractivity contribution < 1.29 is 0 Å². The zero-order valence-corrected chi connectivity index (χ0v) is 11.8. The smallest absolute Gasteiger partial charge is 0.172 e. The van der Waals surface area contributed by atoms with Crippen molar-refractivity contribution in [1.82, 2.24) is 9.97 Å². The van der Waals surface area contributed by atoms with Gasteiger partial charge in [0.25, 0.3) is 0 Å². The molecule has 1 aromatic carbocycles. The fourth-order valence-corrected chi connectivity index (χ4v) is 2.03. The van der Waals surface area contributed by atoms with Crippen LogP contribution in [0.3, 0.4) is 0 Å². The lowest BCUT2D eigenvalue weighted by Gasteiger charge is -2.20. The number of nitrogens with zero attached hydrogens (tertiary/aromatic N) is 3. The average Bonchev–Trinajstić information content (AvgIpc) is 2.33. The zero-order chi connectivity index (χ0) is 13.3. The molecule has 1 aromatic heterocycles. The molecular formula is C14H16ClN3. The molecule has 0 aliphatic rings. The molecule has 0 aliphatic heterocycles. The van der Waals surface area contributed by atoms with E-state index in [-0.39, 0.29) is 0 Å². The van der Waals surface area contributed by atoms with Crippen molar-refractivity contribution in [3.05, 3.63) is 46.4 Å². The lowest BCUT2D eigenvalue weighted by molar-refractivity contribution is 1.01. The fraction of sp³-hybridized carbons (Fsp3) is 0.286. The van der Waals surface area contributed by atoms with Crippen LogP contribution in [0.2, 0.25) is 5.15 Å². The van der Waals surface area contributed by atoms with Gasteiger partial charge in [-0.05, 0) is 38.5 Å². The molecule has 0 unspecified atom stereocenters. The minimum absolute atomic E-state index is 0.433. The van der Waals surface area contributed by atoms with Gasteiger partial charge >= 0.3 is 0 Å². The van der Waals surface area contributed by atoms with Crippen molar-refractivity contribution in [3.8, 4) is 0 Å². The first-order chi connectivity index (χ1) is 8.49. The van der Waals surface area contributed by atoms with Gasteiger partial charge in [-0.2, -0.15) is 0 Å². The van der Waals surface area contributed by atoms with Gasteiger partial charge in [0.05, 0.1) is 11.4 Å². The third-order valence-corrected chi connectivity index (χ3v) is 3.21. The second-order valence-electron chi connectivity index (χ2n) is 4.41. The van der Waals surface area contributed by atoms with Crippen LogP contribution in [0.25, 0.3) is 0 Å². The Morgan fingerprint density at radius 1 is 1.06 bits per heavy atom. The summed E-state index contributed by atoms with van der Waals surface area (Å²) in [6, 6.07) is 8.20. The molecule has 2 aromatic rings. The summed E-state index contributed by atoms with van der Waals surface area (Å²) in [6.45, 7) is 5.90. The summed E-state index contributed by atoms with van der Waals surface area (Å²) >= 11 is 6.17. The maximum atomic E-state index is 6.17. The van der Waals surface area contributed by atoms with E-state index in [0.29, 0.717) is 11.0 Å². The van der Waals surface area contributed by atoms with Gasteiger partial charge in [-0.3, -0.25) is 0 Å². The Bertz CT molecular complexity index is 581. The Kier molecular flexibility index (Phi) is 3.53. The Morgan fingerprint density at radius 3 is 2.39 bits per heavy atom. The van der Waals surface area contributed by atoms with E-state index >= 15 is 0 Å². The van der Waals surface area contributed by atoms with Gasteiger partial charge in [0.15, 0.2) is 11.0 Å². The van der Waals surface area contributed by atoms with Crippen molar-refractivity contribution in [3.63, 3.8) is 0 Å². The summed E-state index contributed by atoms with van der Waals surface area (Å²) in [7, 11) is 1.94. The van der Waals surface area contributed by atoms with Crippen LogP contribution in [0.4, 0.5) is 11.5 Å². The highest BCUT2D eigenvalue weighted by molar-refractivity contribution is 6.31. The molecule has 4 heteroatoms. The maximum absolute atomic E-state index is 6.17. The van der Waals surface area contributed by atoms with Crippen LogP contribution in [0.5, 0.6) is 0 Å². The molecule has 0 N–H and O–H groups in total. The van der Waals surface area contributed by atoms with E-state index < -0.39 is 0 Å². The first kappa shape index (κ1) is 12.8. The number of hydrogen-bond acceptors (Lipinski definition) is 3. The predicted molar refractivity (Wildman–Crippen MR) is 75.8 cm³/mol. The lowest BCUT2D eigenvalue weighted by atomic mass is 10.2. The summed E-state index contributed by atoms with van der Waals surface area (Å²) in [5.41, 5.74) is 4.01. The molecule has 0 bridgehead atoms. The van der Waals surface area contributed by atoms with E-state index in [2.05, 4.69) is 29.0 Å². The van der Waals surface area contributed by atoms with Gasteiger partial charge in [0.1, 0.15) is 0 Å². The summed E-state index contributed by atoms with van der Waals surface area (Å²) in [6.07, 6.45) is 0. The van der Waals surface area contributed by atoms with Crippen LogP contribution >= 0.6 is 11.6 Å². The highest BCUT2D eigenvalue weighted by Crippen LogP contribution is 2.28. The monoisotopic (exact) mass is 261 g/mol. The SMILES string of the molecule is Cc1cccc(N(C)c2nc(C)c(C)nc2Cl)c1. The molecule has 0 amide bonds. The van der Waals surface area contributed by atoms with Crippen molar-refractivity contribution in [2.75, 3.05) is 11.9 Å².